The molecule has 1 aromatic heterocycles. The second-order valence-electron chi connectivity index (χ2n) is 6.91. The Morgan fingerprint density at radius 3 is 2.67 bits per heavy atom. The predicted octanol–water partition coefficient (Wildman–Crippen LogP) is 2.43. The van der Waals surface area contributed by atoms with Crippen LogP contribution in [0.3, 0.4) is 0 Å². The smallest absolute Gasteiger partial charge is 0.234 e. The minimum atomic E-state index is 0.0783. The molecule has 2 aromatic rings. The number of methoxy groups -OCH3 is 1. The van der Waals surface area contributed by atoms with Crippen molar-refractivity contribution in [2.24, 2.45) is 0 Å². The van der Waals surface area contributed by atoms with E-state index in [2.05, 4.69) is 25.5 Å². The number of carbonyl (C=O) groups excluding carboxylic acids is 1. The molecule has 1 aromatic carbocycles. The van der Waals surface area contributed by atoms with Crippen LogP contribution in [0.15, 0.2) is 29.6 Å². The van der Waals surface area contributed by atoms with Crippen LogP contribution in [-0.4, -0.2) is 55.6 Å². The second-order valence-corrected chi connectivity index (χ2v) is 7.75. The standard InChI is InChI=1S/C20H28N4O2S/c1-16-15-27-20(22-16)24-9-3-8-23(10-11-24)13-19(25)21-12-17-4-6-18(7-5-17)14-26-2/h4-7,15H,3,8-14H2,1-2H3,(H,21,25). The number of rotatable bonds is 7. The van der Waals surface area contributed by atoms with E-state index >= 15 is 0 Å². The van der Waals surface area contributed by atoms with E-state index in [4.69, 9.17) is 4.74 Å². The first kappa shape index (κ1) is 19.8. The van der Waals surface area contributed by atoms with Crippen LogP contribution >= 0.6 is 11.3 Å². The summed E-state index contributed by atoms with van der Waals surface area (Å²) < 4.78 is 5.12. The average molecular weight is 389 g/mol. The molecule has 0 atom stereocenters. The largest absolute Gasteiger partial charge is 0.380 e. The fourth-order valence-corrected chi connectivity index (χ4v) is 4.04. The molecule has 27 heavy (non-hydrogen) atoms. The highest BCUT2D eigenvalue weighted by molar-refractivity contribution is 7.13. The molecular formula is C20H28N4O2S. The van der Waals surface area contributed by atoms with E-state index in [1.54, 1.807) is 18.4 Å². The van der Waals surface area contributed by atoms with Crippen molar-refractivity contribution in [3.05, 3.63) is 46.5 Å². The van der Waals surface area contributed by atoms with Gasteiger partial charge >= 0.3 is 0 Å². The van der Waals surface area contributed by atoms with Gasteiger partial charge in [-0.05, 0) is 24.5 Å². The molecule has 1 aliphatic rings. The van der Waals surface area contributed by atoms with Gasteiger partial charge in [0.1, 0.15) is 0 Å². The van der Waals surface area contributed by atoms with Gasteiger partial charge in [0.25, 0.3) is 0 Å². The quantitative estimate of drug-likeness (QED) is 0.789. The third kappa shape index (κ3) is 6.02. The molecule has 0 aliphatic carbocycles. The number of hydrogen-bond donors (Lipinski definition) is 1. The lowest BCUT2D eigenvalue weighted by atomic mass is 10.1. The molecule has 0 unspecified atom stereocenters. The average Bonchev–Trinajstić information content (AvgIpc) is 2.96. The Morgan fingerprint density at radius 1 is 1.19 bits per heavy atom. The minimum absolute atomic E-state index is 0.0783. The van der Waals surface area contributed by atoms with E-state index < -0.39 is 0 Å². The number of thiazole rings is 1. The Labute approximate surface area is 165 Å². The third-order valence-corrected chi connectivity index (χ3v) is 5.68. The monoisotopic (exact) mass is 388 g/mol. The SMILES string of the molecule is COCc1ccc(CNC(=O)CN2CCCN(c3nc(C)cs3)CC2)cc1. The number of benzene rings is 1. The molecule has 146 valence electrons. The Bertz CT molecular complexity index is 732. The molecule has 0 spiro atoms. The highest BCUT2D eigenvalue weighted by Gasteiger charge is 2.18. The first-order valence-electron chi connectivity index (χ1n) is 9.37. The molecule has 7 heteroatoms. The Balaban J connectivity index is 1.42. The lowest BCUT2D eigenvalue weighted by Gasteiger charge is -2.21. The van der Waals surface area contributed by atoms with Crippen LogP contribution in [0.4, 0.5) is 5.13 Å². The zero-order chi connectivity index (χ0) is 19.1. The number of carbonyl (C=O) groups is 1. The number of nitrogens with zero attached hydrogens (tertiary/aromatic N) is 3. The normalized spacial score (nSPS) is 15.6. The van der Waals surface area contributed by atoms with Crippen molar-refractivity contribution in [2.45, 2.75) is 26.5 Å². The lowest BCUT2D eigenvalue weighted by Crippen LogP contribution is -2.39. The highest BCUT2D eigenvalue weighted by atomic mass is 32.1. The summed E-state index contributed by atoms with van der Waals surface area (Å²) in [6.07, 6.45) is 1.05. The van der Waals surface area contributed by atoms with Crippen molar-refractivity contribution < 1.29 is 9.53 Å². The maximum atomic E-state index is 12.3. The van der Waals surface area contributed by atoms with Crippen molar-refractivity contribution in [3.63, 3.8) is 0 Å². The van der Waals surface area contributed by atoms with Gasteiger partial charge in [0.05, 0.1) is 18.8 Å². The van der Waals surface area contributed by atoms with Crippen LogP contribution in [0.2, 0.25) is 0 Å². The van der Waals surface area contributed by atoms with Crippen molar-refractivity contribution in [2.75, 3.05) is 44.7 Å². The van der Waals surface area contributed by atoms with E-state index in [1.807, 2.05) is 31.2 Å². The highest BCUT2D eigenvalue weighted by Crippen LogP contribution is 2.21. The number of anilines is 1. The van der Waals surface area contributed by atoms with Crippen LogP contribution in [0, 0.1) is 6.92 Å². The molecule has 6 nitrogen and oxygen atoms in total. The molecule has 2 heterocycles. The van der Waals surface area contributed by atoms with Crippen molar-refractivity contribution in [1.29, 1.82) is 0 Å². The number of nitrogens with one attached hydrogen (secondary N) is 1. The zero-order valence-electron chi connectivity index (χ0n) is 16.1. The van der Waals surface area contributed by atoms with Gasteiger partial charge in [0.2, 0.25) is 5.91 Å². The van der Waals surface area contributed by atoms with Gasteiger partial charge in [-0.1, -0.05) is 24.3 Å². The summed E-state index contributed by atoms with van der Waals surface area (Å²) in [4.78, 5) is 21.5. The van der Waals surface area contributed by atoms with Crippen molar-refractivity contribution >= 4 is 22.4 Å². The van der Waals surface area contributed by atoms with Gasteiger partial charge in [-0.3, -0.25) is 9.69 Å². The zero-order valence-corrected chi connectivity index (χ0v) is 16.9. The number of aryl methyl sites for hydroxylation is 1. The first-order valence-corrected chi connectivity index (χ1v) is 10.2. The summed E-state index contributed by atoms with van der Waals surface area (Å²) in [6, 6.07) is 8.15. The second kappa shape index (κ2) is 9.82. The first-order chi connectivity index (χ1) is 13.1. The van der Waals surface area contributed by atoms with Gasteiger partial charge < -0.3 is 15.0 Å². The molecule has 1 fully saturated rings. The Kier molecular flexibility index (Phi) is 7.20. The molecule has 1 N–H and O–H groups in total. The predicted molar refractivity (Wildman–Crippen MR) is 109 cm³/mol. The van der Waals surface area contributed by atoms with E-state index in [1.165, 1.54) is 0 Å². The molecule has 0 saturated carbocycles. The van der Waals surface area contributed by atoms with Gasteiger partial charge in [-0.15, -0.1) is 11.3 Å². The van der Waals surface area contributed by atoms with Crippen molar-refractivity contribution in [1.82, 2.24) is 15.2 Å². The van der Waals surface area contributed by atoms with Gasteiger partial charge in [-0.25, -0.2) is 4.98 Å². The molecular weight excluding hydrogens is 360 g/mol. The van der Waals surface area contributed by atoms with Crippen LogP contribution in [0.25, 0.3) is 0 Å². The Hall–Kier alpha value is -1.96. The fraction of sp³-hybridized carbons (Fsp3) is 0.500. The summed E-state index contributed by atoms with van der Waals surface area (Å²) >= 11 is 1.70. The van der Waals surface area contributed by atoms with E-state index in [0.717, 1.165) is 54.6 Å². The summed E-state index contributed by atoms with van der Waals surface area (Å²) in [6.45, 7) is 7.40. The van der Waals surface area contributed by atoms with E-state index in [-0.39, 0.29) is 5.91 Å². The van der Waals surface area contributed by atoms with Gasteiger partial charge in [0.15, 0.2) is 5.13 Å². The van der Waals surface area contributed by atoms with E-state index in [9.17, 15) is 4.79 Å². The number of hydrogen-bond acceptors (Lipinski definition) is 6. The minimum Gasteiger partial charge on any atom is -0.380 e. The van der Waals surface area contributed by atoms with Gasteiger partial charge in [0, 0.05) is 45.2 Å². The van der Waals surface area contributed by atoms with Gasteiger partial charge in [-0.2, -0.15) is 0 Å². The molecule has 3 rings (SSSR count). The fourth-order valence-electron chi connectivity index (χ4n) is 3.19. The summed E-state index contributed by atoms with van der Waals surface area (Å²) in [5.74, 6) is 0.0783. The van der Waals surface area contributed by atoms with Crippen LogP contribution in [-0.2, 0) is 22.7 Å². The molecule has 0 bridgehead atoms. The summed E-state index contributed by atoms with van der Waals surface area (Å²) in [5.41, 5.74) is 3.31. The van der Waals surface area contributed by atoms with Crippen LogP contribution in [0.5, 0.6) is 0 Å². The van der Waals surface area contributed by atoms with Crippen molar-refractivity contribution in [3.8, 4) is 0 Å². The third-order valence-electron chi connectivity index (χ3n) is 4.66. The molecule has 1 saturated heterocycles. The number of amides is 1. The lowest BCUT2D eigenvalue weighted by molar-refractivity contribution is -0.122. The summed E-state index contributed by atoms with van der Waals surface area (Å²) in [5, 5.41) is 6.21. The maximum Gasteiger partial charge on any atom is 0.234 e. The Morgan fingerprint density at radius 2 is 1.96 bits per heavy atom. The molecule has 0 radical (unpaired) electrons. The number of aromatic nitrogens is 1. The summed E-state index contributed by atoms with van der Waals surface area (Å²) in [7, 11) is 1.69. The topological polar surface area (TPSA) is 57.7 Å². The van der Waals surface area contributed by atoms with Crippen LogP contribution in [0.1, 0.15) is 23.2 Å². The van der Waals surface area contributed by atoms with E-state index in [0.29, 0.717) is 19.7 Å². The number of ether oxygens (including phenoxy) is 1. The molecule has 1 aliphatic heterocycles. The molecule has 1 amide bonds. The van der Waals surface area contributed by atoms with Crippen LogP contribution < -0.4 is 10.2 Å². The maximum absolute atomic E-state index is 12.3.